The zero-order valence-electron chi connectivity index (χ0n) is 18.7. The minimum atomic E-state index is -0.534. The van der Waals surface area contributed by atoms with Crippen LogP contribution in [0, 0.1) is 17.3 Å². The molecule has 0 radical (unpaired) electrons. The zero-order valence-corrected chi connectivity index (χ0v) is 18.7. The molecule has 1 aliphatic rings. The van der Waals surface area contributed by atoms with E-state index in [1.807, 2.05) is 20.8 Å². The molecule has 3 rings (SSSR count). The van der Waals surface area contributed by atoms with Crippen molar-refractivity contribution in [1.29, 1.82) is 0 Å². The Hall–Kier alpha value is -2.22. The van der Waals surface area contributed by atoms with Crippen LogP contribution in [0.4, 0.5) is 0 Å². The number of rotatable bonds is 4. The Balaban J connectivity index is 2.15. The number of carbonyl (C=O) groups excluding carboxylic acids is 1. The third kappa shape index (κ3) is 4.08. The summed E-state index contributed by atoms with van der Waals surface area (Å²) in [5, 5.41) is 0. The molecule has 1 fully saturated rings. The van der Waals surface area contributed by atoms with Gasteiger partial charge in [-0.15, -0.1) is 0 Å². The van der Waals surface area contributed by atoms with Gasteiger partial charge in [-0.25, -0.2) is 9.78 Å². The molecule has 8 nitrogen and oxygen atoms in total. The minimum Gasteiger partial charge on any atom is -0.313 e. The maximum atomic E-state index is 12.9. The fourth-order valence-corrected chi connectivity index (χ4v) is 4.28. The fourth-order valence-electron chi connectivity index (χ4n) is 4.28. The van der Waals surface area contributed by atoms with Gasteiger partial charge in [-0.05, 0) is 18.3 Å². The van der Waals surface area contributed by atoms with Crippen LogP contribution in [-0.4, -0.2) is 42.5 Å². The van der Waals surface area contributed by atoms with Crippen molar-refractivity contribution in [3.8, 4) is 0 Å². The van der Waals surface area contributed by atoms with E-state index in [0.29, 0.717) is 35.4 Å². The molecule has 2 aromatic rings. The van der Waals surface area contributed by atoms with Gasteiger partial charge in [-0.2, -0.15) is 0 Å². The standard InChI is InChI=1S/C21H33N5O3/c1-13-8-14(2)10-25(9-13)12-16-22-18-17(19(28)24(7)20(29)23(18)6)26(16)11-15(27)21(3,4)5/h13-14H,8-12H2,1-7H3. The zero-order chi connectivity index (χ0) is 21.7. The van der Waals surface area contributed by atoms with Crippen molar-refractivity contribution in [3.05, 3.63) is 26.7 Å². The van der Waals surface area contributed by atoms with Crippen molar-refractivity contribution in [2.45, 2.75) is 54.1 Å². The Kier molecular flexibility index (Phi) is 5.60. The highest BCUT2D eigenvalue weighted by Crippen LogP contribution is 2.24. The lowest BCUT2D eigenvalue weighted by atomic mass is 9.91. The Morgan fingerprint density at radius 3 is 2.21 bits per heavy atom. The summed E-state index contributed by atoms with van der Waals surface area (Å²) in [6, 6.07) is 0. The van der Waals surface area contributed by atoms with E-state index < -0.39 is 16.7 Å². The van der Waals surface area contributed by atoms with E-state index in [1.165, 1.54) is 18.0 Å². The molecule has 29 heavy (non-hydrogen) atoms. The number of Topliss-reactive ketones (excluding diaryl/α,β-unsaturated/α-hetero) is 1. The topological polar surface area (TPSA) is 82.1 Å². The van der Waals surface area contributed by atoms with Crippen LogP contribution in [0.15, 0.2) is 9.59 Å². The lowest BCUT2D eigenvalue weighted by Gasteiger charge is -2.34. The van der Waals surface area contributed by atoms with Gasteiger partial charge in [0, 0.05) is 32.6 Å². The Labute approximate surface area is 171 Å². The van der Waals surface area contributed by atoms with Gasteiger partial charge in [0.15, 0.2) is 16.9 Å². The van der Waals surface area contributed by atoms with Crippen LogP contribution < -0.4 is 11.2 Å². The molecule has 0 amide bonds. The summed E-state index contributed by atoms with van der Waals surface area (Å²) < 4.78 is 4.20. The summed E-state index contributed by atoms with van der Waals surface area (Å²) in [5.41, 5.74) is -0.702. The summed E-state index contributed by atoms with van der Waals surface area (Å²) in [4.78, 5) is 45.1. The van der Waals surface area contributed by atoms with E-state index in [-0.39, 0.29) is 12.3 Å². The van der Waals surface area contributed by atoms with Crippen LogP contribution in [0.5, 0.6) is 0 Å². The first kappa shape index (κ1) is 21.5. The molecule has 2 atom stereocenters. The first-order valence-corrected chi connectivity index (χ1v) is 10.3. The van der Waals surface area contributed by atoms with Crippen molar-refractivity contribution >= 4 is 16.9 Å². The lowest BCUT2D eigenvalue weighted by molar-refractivity contribution is -0.126. The Morgan fingerprint density at radius 1 is 1.07 bits per heavy atom. The minimum absolute atomic E-state index is 0.0225. The summed E-state index contributed by atoms with van der Waals surface area (Å²) in [6.07, 6.45) is 1.20. The van der Waals surface area contributed by atoms with Gasteiger partial charge in [0.25, 0.3) is 5.56 Å². The molecule has 2 aromatic heterocycles. The second kappa shape index (κ2) is 7.55. The molecule has 1 aliphatic heterocycles. The van der Waals surface area contributed by atoms with Gasteiger partial charge in [-0.3, -0.25) is 23.6 Å². The van der Waals surface area contributed by atoms with Gasteiger partial charge in [-0.1, -0.05) is 34.6 Å². The summed E-state index contributed by atoms with van der Waals surface area (Å²) >= 11 is 0. The van der Waals surface area contributed by atoms with Crippen molar-refractivity contribution in [2.24, 2.45) is 31.3 Å². The van der Waals surface area contributed by atoms with E-state index in [4.69, 9.17) is 0 Å². The summed E-state index contributed by atoms with van der Waals surface area (Å²) in [7, 11) is 3.07. The predicted octanol–water partition coefficient (Wildman–Crippen LogP) is 1.53. The fraction of sp³-hybridized carbons (Fsp3) is 0.714. The first-order valence-electron chi connectivity index (χ1n) is 10.3. The molecule has 2 unspecified atom stereocenters. The van der Waals surface area contributed by atoms with Crippen LogP contribution >= 0.6 is 0 Å². The number of fused-ring (bicyclic) bond motifs is 1. The van der Waals surface area contributed by atoms with E-state index in [2.05, 4.69) is 23.7 Å². The number of nitrogens with zero attached hydrogens (tertiary/aromatic N) is 5. The smallest absolute Gasteiger partial charge is 0.313 e. The largest absolute Gasteiger partial charge is 0.332 e. The van der Waals surface area contributed by atoms with E-state index in [0.717, 1.165) is 17.7 Å². The molecular weight excluding hydrogens is 370 g/mol. The first-order chi connectivity index (χ1) is 13.4. The Morgan fingerprint density at radius 2 is 1.66 bits per heavy atom. The van der Waals surface area contributed by atoms with Crippen LogP contribution in [0.2, 0.25) is 0 Å². The maximum Gasteiger partial charge on any atom is 0.332 e. The Bertz CT molecular complexity index is 1040. The lowest BCUT2D eigenvalue weighted by Crippen LogP contribution is -2.39. The number of carbonyl (C=O) groups is 1. The number of imidazole rings is 1. The molecule has 0 saturated carbocycles. The van der Waals surface area contributed by atoms with Crippen molar-refractivity contribution in [1.82, 2.24) is 23.6 Å². The molecule has 160 valence electrons. The van der Waals surface area contributed by atoms with Crippen LogP contribution in [0.1, 0.15) is 46.9 Å². The number of aromatic nitrogens is 4. The van der Waals surface area contributed by atoms with Gasteiger partial charge >= 0.3 is 5.69 Å². The van der Waals surface area contributed by atoms with Gasteiger partial charge in [0.1, 0.15) is 5.82 Å². The predicted molar refractivity (Wildman–Crippen MR) is 113 cm³/mol. The molecule has 3 heterocycles. The molecule has 8 heteroatoms. The van der Waals surface area contributed by atoms with Crippen LogP contribution in [0.25, 0.3) is 11.2 Å². The number of hydrogen-bond acceptors (Lipinski definition) is 5. The third-order valence-electron chi connectivity index (χ3n) is 5.87. The molecule has 0 spiro atoms. The van der Waals surface area contributed by atoms with Crippen molar-refractivity contribution in [3.63, 3.8) is 0 Å². The highest BCUT2D eigenvalue weighted by molar-refractivity contribution is 5.85. The number of hydrogen-bond donors (Lipinski definition) is 0. The number of piperidine rings is 1. The average molecular weight is 404 g/mol. The molecular formula is C21H33N5O3. The maximum absolute atomic E-state index is 12.9. The van der Waals surface area contributed by atoms with Crippen molar-refractivity contribution in [2.75, 3.05) is 13.1 Å². The van der Waals surface area contributed by atoms with Gasteiger partial charge in [0.2, 0.25) is 0 Å². The number of likely N-dealkylation sites (tertiary alicyclic amines) is 1. The van der Waals surface area contributed by atoms with E-state index in [9.17, 15) is 14.4 Å². The second-order valence-corrected chi connectivity index (χ2v) is 9.81. The average Bonchev–Trinajstić information content (AvgIpc) is 2.94. The molecule has 0 aliphatic carbocycles. The second-order valence-electron chi connectivity index (χ2n) is 9.81. The third-order valence-corrected chi connectivity index (χ3v) is 5.87. The molecule has 0 N–H and O–H groups in total. The molecule has 0 bridgehead atoms. The van der Waals surface area contributed by atoms with Gasteiger partial charge in [0.05, 0.1) is 13.1 Å². The number of ketones is 1. The highest BCUT2D eigenvalue weighted by atomic mass is 16.2. The summed E-state index contributed by atoms with van der Waals surface area (Å²) in [5.74, 6) is 1.86. The molecule has 0 aromatic carbocycles. The van der Waals surface area contributed by atoms with Crippen LogP contribution in [0.3, 0.4) is 0 Å². The summed E-state index contributed by atoms with van der Waals surface area (Å²) in [6.45, 7) is 12.6. The monoisotopic (exact) mass is 403 g/mol. The van der Waals surface area contributed by atoms with Crippen LogP contribution in [-0.2, 0) is 32.0 Å². The number of aryl methyl sites for hydroxylation is 1. The van der Waals surface area contributed by atoms with Gasteiger partial charge < -0.3 is 4.57 Å². The highest BCUT2D eigenvalue weighted by Gasteiger charge is 2.28. The SMILES string of the molecule is CC1CC(C)CN(Cc2nc3c(c(=O)n(C)c(=O)n3C)n2CC(=O)C(C)(C)C)C1. The normalized spacial score (nSPS) is 21.1. The van der Waals surface area contributed by atoms with E-state index in [1.54, 1.807) is 11.6 Å². The quantitative estimate of drug-likeness (QED) is 0.773. The molecule has 1 saturated heterocycles. The van der Waals surface area contributed by atoms with Crippen molar-refractivity contribution < 1.29 is 4.79 Å². The van der Waals surface area contributed by atoms with E-state index >= 15 is 0 Å².